The van der Waals surface area contributed by atoms with Crippen LogP contribution in [0.2, 0.25) is 0 Å². The standard InChI is InChI=1S/C41H62N8O7/c1-5-16-30(46-38(52)32(22-13-15-24-43)47-37(51)31(21-12-14-23-42)45-36(50)27(4)44)39(53)49-35(40(54)48-33(41(55)56)25-26(2)3)34(28-17-8-6-9-18-28)29-19-10-7-11-20-29/h5-11,17-20,26-27,30-35H,1,12-16,21-25,42-44H2,2-4H3,(H,45,50)(H,46,52)(H,47,51)(H,48,54)(H,49,53)(H,55,56)/t27-,30-,31-,32-,33-,35?/m0/s1. The highest BCUT2D eigenvalue weighted by molar-refractivity contribution is 5.96. The average Bonchev–Trinajstić information content (AvgIpc) is 3.16. The molecule has 0 fully saturated rings. The van der Waals surface area contributed by atoms with E-state index in [1.165, 1.54) is 13.0 Å². The van der Waals surface area contributed by atoms with Gasteiger partial charge in [0, 0.05) is 5.92 Å². The summed E-state index contributed by atoms with van der Waals surface area (Å²) in [5, 5.41) is 23.6. The molecule has 1 unspecified atom stereocenters. The predicted molar refractivity (Wildman–Crippen MR) is 216 cm³/mol. The molecule has 0 saturated carbocycles. The van der Waals surface area contributed by atoms with Crippen molar-refractivity contribution >= 4 is 35.5 Å². The Labute approximate surface area is 330 Å². The van der Waals surface area contributed by atoms with Crippen LogP contribution in [0.4, 0.5) is 0 Å². The Morgan fingerprint density at radius 1 is 0.625 bits per heavy atom. The lowest BCUT2D eigenvalue weighted by Crippen LogP contribution is -2.60. The molecule has 0 aromatic heterocycles. The number of carbonyl (C=O) groups is 6. The molecule has 0 heterocycles. The van der Waals surface area contributed by atoms with Gasteiger partial charge in [-0.2, -0.15) is 0 Å². The minimum absolute atomic E-state index is 0.0476. The van der Waals surface area contributed by atoms with Crippen molar-refractivity contribution in [3.63, 3.8) is 0 Å². The number of amides is 5. The third-order valence-corrected chi connectivity index (χ3v) is 9.16. The number of nitrogens with one attached hydrogen (secondary N) is 5. The summed E-state index contributed by atoms with van der Waals surface area (Å²) in [5.74, 6) is -5.32. The van der Waals surface area contributed by atoms with E-state index in [2.05, 4.69) is 33.2 Å². The summed E-state index contributed by atoms with van der Waals surface area (Å²) in [4.78, 5) is 80.7. The van der Waals surface area contributed by atoms with E-state index in [1.807, 2.05) is 50.2 Å². The molecule has 2 aromatic rings. The van der Waals surface area contributed by atoms with E-state index in [9.17, 15) is 33.9 Å². The minimum Gasteiger partial charge on any atom is -0.480 e. The highest BCUT2D eigenvalue weighted by Crippen LogP contribution is 2.29. The van der Waals surface area contributed by atoms with Crippen molar-refractivity contribution in [2.75, 3.05) is 13.1 Å². The topological polar surface area (TPSA) is 261 Å². The molecular weight excluding hydrogens is 716 g/mol. The zero-order valence-electron chi connectivity index (χ0n) is 32.9. The summed E-state index contributed by atoms with van der Waals surface area (Å²) < 4.78 is 0. The van der Waals surface area contributed by atoms with Crippen molar-refractivity contribution in [1.29, 1.82) is 0 Å². The van der Waals surface area contributed by atoms with Crippen LogP contribution >= 0.6 is 0 Å². The summed E-state index contributed by atoms with van der Waals surface area (Å²) in [7, 11) is 0. The van der Waals surface area contributed by atoms with E-state index in [4.69, 9.17) is 17.2 Å². The number of carboxylic acid groups (broad SMARTS) is 1. The average molecular weight is 779 g/mol. The molecule has 0 bridgehead atoms. The molecule has 0 saturated heterocycles. The van der Waals surface area contributed by atoms with Crippen LogP contribution in [-0.4, -0.2) is 90.0 Å². The molecule has 2 rings (SSSR count). The van der Waals surface area contributed by atoms with E-state index in [-0.39, 0.29) is 31.6 Å². The van der Waals surface area contributed by atoms with Crippen LogP contribution < -0.4 is 43.8 Å². The zero-order chi connectivity index (χ0) is 41.6. The van der Waals surface area contributed by atoms with E-state index in [0.29, 0.717) is 49.9 Å². The van der Waals surface area contributed by atoms with Gasteiger partial charge in [-0.1, -0.05) is 80.6 Å². The van der Waals surface area contributed by atoms with Gasteiger partial charge in [0.2, 0.25) is 29.5 Å². The Morgan fingerprint density at radius 3 is 1.46 bits per heavy atom. The number of benzene rings is 2. The summed E-state index contributed by atoms with van der Waals surface area (Å²) in [6.45, 7) is 9.67. The smallest absolute Gasteiger partial charge is 0.326 e. The number of aliphatic carboxylic acids is 1. The van der Waals surface area contributed by atoms with Crippen LogP contribution in [0.15, 0.2) is 73.3 Å². The Hall–Kier alpha value is -5.12. The van der Waals surface area contributed by atoms with Gasteiger partial charge in [-0.05, 0) is 88.4 Å². The quantitative estimate of drug-likeness (QED) is 0.0492. The van der Waals surface area contributed by atoms with Gasteiger partial charge in [-0.3, -0.25) is 24.0 Å². The van der Waals surface area contributed by atoms with Crippen molar-refractivity contribution in [3.8, 4) is 0 Å². The number of carbonyl (C=O) groups excluding carboxylic acids is 5. The first-order valence-electron chi connectivity index (χ1n) is 19.3. The molecule has 15 heteroatoms. The Kier molecular flexibility index (Phi) is 21.1. The summed E-state index contributed by atoms with van der Waals surface area (Å²) in [5.41, 5.74) is 18.5. The lowest BCUT2D eigenvalue weighted by molar-refractivity contribution is -0.143. The fourth-order valence-electron chi connectivity index (χ4n) is 6.18. The van der Waals surface area contributed by atoms with Gasteiger partial charge in [0.05, 0.1) is 6.04 Å². The monoisotopic (exact) mass is 778 g/mol. The van der Waals surface area contributed by atoms with E-state index in [0.717, 1.165) is 0 Å². The van der Waals surface area contributed by atoms with Crippen molar-refractivity contribution in [2.24, 2.45) is 23.1 Å². The molecule has 15 nitrogen and oxygen atoms in total. The first-order chi connectivity index (χ1) is 26.7. The van der Waals surface area contributed by atoms with Crippen LogP contribution in [0.1, 0.15) is 89.2 Å². The van der Waals surface area contributed by atoms with Crippen molar-refractivity contribution in [2.45, 2.75) is 114 Å². The third kappa shape index (κ3) is 15.9. The molecule has 0 aliphatic heterocycles. The van der Waals surface area contributed by atoms with Gasteiger partial charge >= 0.3 is 5.97 Å². The van der Waals surface area contributed by atoms with Gasteiger partial charge < -0.3 is 48.9 Å². The fourth-order valence-corrected chi connectivity index (χ4v) is 6.18. The van der Waals surface area contributed by atoms with Crippen LogP contribution in [0.5, 0.6) is 0 Å². The Balaban J connectivity index is 2.50. The second-order valence-electron chi connectivity index (χ2n) is 14.4. The minimum atomic E-state index is -1.33. The maximum absolute atomic E-state index is 14.2. The second-order valence-corrected chi connectivity index (χ2v) is 14.4. The molecule has 0 aliphatic rings. The molecular formula is C41H62N8O7. The highest BCUT2D eigenvalue weighted by Gasteiger charge is 2.37. The predicted octanol–water partition coefficient (Wildman–Crippen LogP) is 1.55. The maximum Gasteiger partial charge on any atom is 0.326 e. The maximum atomic E-state index is 14.2. The molecule has 12 N–H and O–H groups in total. The van der Waals surface area contributed by atoms with Gasteiger partial charge in [0.1, 0.15) is 30.2 Å². The van der Waals surface area contributed by atoms with Crippen LogP contribution in [0.25, 0.3) is 0 Å². The molecule has 0 spiro atoms. The molecule has 0 radical (unpaired) electrons. The second kappa shape index (κ2) is 25.1. The lowest BCUT2D eigenvalue weighted by atomic mass is 9.84. The number of carboxylic acids is 1. The van der Waals surface area contributed by atoms with Crippen molar-refractivity contribution in [1.82, 2.24) is 26.6 Å². The molecule has 2 aromatic carbocycles. The molecule has 0 aliphatic carbocycles. The van der Waals surface area contributed by atoms with E-state index >= 15 is 0 Å². The lowest BCUT2D eigenvalue weighted by Gasteiger charge is -2.31. The molecule has 308 valence electrons. The van der Waals surface area contributed by atoms with Crippen LogP contribution in [-0.2, 0) is 28.8 Å². The fraction of sp³-hybridized carbons (Fsp3) is 0.512. The number of hydrogen-bond donors (Lipinski definition) is 9. The Morgan fingerprint density at radius 2 is 1.05 bits per heavy atom. The van der Waals surface area contributed by atoms with E-state index in [1.54, 1.807) is 24.3 Å². The molecule has 5 amide bonds. The normalized spacial score (nSPS) is 14.4. The van der Waals surface area contributed by atoms with Gasteiger partial charge in [-0.25, -0.2) is 4.79 Å². The third-order valence-electron chi connectivity index (χ3n) is 9.16. The van der Waals surface area contributed by atoms with Crippen molar-refractivity contribution < 1.29 is 33.9 Å². The summed E-state index contributed by atoms with van der Waals surface area (Å²) in [6.07, 6.45) is 4.15. The van der Waals surface area contributed by atoms with Crippen molar-refractivity contribution in [3.05, 3.63) is 84.4 Å². The number of rotatable bonds is 26. The van der Waals surface area contributed by atoms with Gasteiger partial charge in [-0.15, -0.1) is 6.58 Å². The molecule has 6 atom stereocenters. The Bertz CT molecular complexity index is 1520. The van der Waals surface area contributed by atoms with Crippen LogP contribution in [0, 0.1) is 5.92 Å². The zero-order valence-corrected chi connectivity index (χ0v) is 32.9. The highest BCUT2D eigenvalue weighted by atomic mass is 16.4. The molecule has 56 heavy (non-hydrogen) atoms. The largest absolute Gasteiger partial charge is 0.480 e. The number of unbranched alkanes of at least 4 members (excludes halogenated alkanes) is 2. The summed E-state index contributed by atoms with van der Waals surface area (Å²) in [6, 6.07) is 11.3. The first kappa shape index (κ1) is 47.0. The first-order valence-corrected chi connectivity index (χ1v) is 19.3. The summed E-state index contributed by atoms with van der Waals surface area (Å²) >= 11 is 0. The number of nitrogens with two attached hydrogens (primary N) is 3. The number of hydrogen-bond acceptors (Lipinski definition) is 9. The van der Waals surface area contributed by atoms with Crippen LogP contribution in [0.3, 0.4) is 0 Å². The van der Waals surface area contributed by atoms with Gasteiger partial charge in [0.15, 0.2) is 0 Å². The van der Waals surface area contributed by atoms with E-state index < -0.39 is 77.7 Å². The SMILES string of the molecule is C=CC[C@H](NC(=O)[C@H](CCCCN)NC(=O)[C@H](CCCCN)NC(=O)[C@H](C)N)C(=O)NC(C(=O)N[C@@H](CC(C)C)C(=O)O)C(c1ccccc1)c1ccccc1. The van der Waals surface area contributed by atoms with Gasteiger partial charge in [0.25, 0.3) is 0 Å².